The van der Waals surface area contributed by atoms with Gasteiger partial charge in [0.25, 0.3) is 5.91 Å². The van der Waals surface area contributed by atoms with Crippen LogP contribution in [0.4, 0.5) is 10.1 Å². The quantitative estimate of drug-likeness (QED) is 0.754. The smallest absolute Gasteiger partial charge is 0.321 e. The summed E-state index contributed by atoms with van der Waals surface area (Å²) in [6, 6.07) is 5.84. The first-order chi connectivity index (χ1) is 11.4. The number of hydrogen-bond donors (Lipinski definition) is 1. The number of halogens is 1. The average Bonchev–Trinajstić information content (AvgIpc) is 2.93. The van der Waals surface area contributed by atoms with Gasteiger partial charge < -0.3 is 14.4 Å². The van der Waals surface area contributed by atoms with E-state index in [1.54, 1.807) is 27.0 Å². The Hall–Kier alpha value is -1.31. The Bertz CT molecular complexity index is 620. The summed E-state index contributed by atoms with van der Waals surface area (Å²) >= 11 is 0. The Balaban J connectivity index is 2.08. The van der Waals surface area contributed by atoms with Gasteiger partial charge in [-0.25, -0.2) is 4.39 Å². The van der Waals surface area contributed by atoms with Gasteiger partial charge in [0.1, 0.15) is 11.6 Å². The molecule has 24 heavy (non-hydrogen) atoms. The molecule has 9 heteroatoms. The van der Waals surface area contributed by atoms with Gasteiger partial charge in [-0.2, -0.15) is 5.06 Å². The number of amides is 1. The third kappa shape index (κ3) is 4.20. The van der Waals surface area contributed by atoms with Crippen molar-refractivity contribution in [3.8, 4) is 0 Å². The summed E-state index contributed by atoms with van der Waals surface area (Å²) < 4.78 is 37.1. The van der Waals surface area contributed by atoms with E-state index in [0.29, 0.717) is 0 Å². The molecular weight excluding hydrogens is 338 g/mol. The van der Waals surface area contributed by atoms with Crippen molar-refractivity contribution in [1.29, 1.82) is 0 Å². The van der Waals surface area contributed by atoms with Gasteiger partial charge in [-0.05, 0) is 26.0 Å². The summed E-state index contributed by atoms with van der Waals surface area (Å²) in [6.45, 7) is 3.86. The van der Waals surface area contributed by atoms with Gasteiger partial charge >= 0.3 is 7.60 Å². The molecule has 1 saturated heterocycles. The van der Waals surface area contributed by atoms with Crippen LogP contribution in [0.15, 0.2) is 24.3 Å². The first-order valence-electron chi connectivity index (χ1n) is 7.75. The molecule has 0 aliphatic carbocycles. The van der Waals surface area contributed by atoms with Gasteiger partial charge in [-0.15, -0.1) is 0 Å². The molecule has 7 nitrogen and oxygen atoms in total. The number of anilines is 1. The number of benzene rings is 1. The van der Waals surface area contributed by atoms with Crippen molar-refractivity contribution in [2.75, 3.05) is 25.6 Å². The van der Waals surface area contributed by atoms with Crippen molar-refractivity contribution < 1.29 is 27.6 Å². The van der Waals surface area contributed by atoms with E-state index in [-0.39, 0.29) is 25.3 Å². The van der Waals surface area contributed by atoms with Gasteiger partial charge in [0.15, 0.2) is 6.10 Å². The fourth-order valence-corrected chi connectivity index (χ4v) is 4.52. The summed E-state index contributed by atoms with van der Waals surface area (Å²) in [5.41, 5.74) is 0.0648. The van der Waals surface area contributed by atoms with E-state index < -0.39 is 31.2 Å². The van der Waals surface area contributed by atoms with Crippen LogP contribution in [-0.4, -0.2) is 43.1 Å². The van der Waals surface area contributed by atoms with Crippen molar-refractivity contribution >= 4 is 19.2 Å². The molecule has 134 valence electrons. The Labute approximate surface area is 140 Å². The summed E-state index contributed by atoms with van der Waals surface area (Å²) in [6.07, 6.45) is -0.789. The van der Waals surface area contributed by atoms with Crippen LogP contribution in [0.3, 0.4) is 0 Å². The van der Waals surface area contributed by atoms with Crippen LogP contribution in [0.25, 0.3) is 0 Å². The standard InChI is InChI=1S/C15H22FN2O5P/c1-4-21-24(20,22-5-2)14-10-13(23-18(14)3)15(19)17-12-9-7-6-8-11(12)16/h6-9,13-14H,4-5,10H2,1-3H3,(H,17,19)/t13-,14+/m0/s1. The molecule has 0 saturated carbocycles. The minimum Gasteiger partial charge on any atom is -0.321 e. The number of rotatable bonds is 7. The van der Waals surface area contributed by atoms with Crippen LogP contribution in [-0.2, 0) is 23.2 Å². The number of hydroxylamine groups is 2. The van der Waals surface area contributed by atoms with E-state index in [1.165, 1.54) is 23.3 Å². The van der Waals surface area contributed by atoms with Crippen LogP contribution < -0.4 is 5.32 Å². The molecule has 0 spiro atoms. The van der Waals surface area contributed by atoms with E-state index in [0.717, 1.165) is 0 Å². The lowest BCUT2D eigenvalue weighted by Crippen LogP contribution is -2.28. The van der Waals surface area contributed by atoms with Gasteiger partial charge in [0, 0.05) is 13.5 Å². The maximum Gasteiger partial charge on any atom is 0.350 e. The Kier molecular flexibility index (Phi) is 6.48. The molecule has 0 bridgehead atoms. The zero-order chi connectivity index (χ0) is 17.7. The molecule has 1 aromatic rings. The van der Waals surface area contributed by atoms with E-state index in [2.05, 4.69) is 5.32 Å². The topological polar surface area (TPSA) is 77.1 Å². The zero-order valence-corrected chi connectivity index (χ0v) is 14.8. The molecule has 1 aliphatic rings. The van der Waals surface area contributed by atoms with E-state index in [9.17, 15) is 13.8 Å². The molecule has 1 heterocycles. The van der Waals surface area contributed by atoms with Crippen molar-refractivity contribution in [2.24, 2.45) is 0 Å². The summed E-state index contributed by atoms with van der Waals surface area (Å²) in [5.74, 6) is -1.76. The normalized spacial score (nSPS) is 21.8. The zero-order valence-electron chi connectivity index (χ0n) is 13.9. The number of nitrogens with zero attached hydrogens (tertiary/aromatic N) is 1. The fraction of sp³-hybridized carbons (Fsp3) is 0.533. The third-order valence-corrected chi connectivity index (χ3v) is 6.05. The monoisotopic (exact) mass is 360 g/mol. The highest BCUT2D eigenvalue weighted by Gasteiger charge is 2.48. The maximum atomic E-state index is 13.6. The Morgan fingerprint density at radius 2 is 2.00 bits per heavy atom. The SMILES string of the molecule is CCOP(=O)(OCC)[C@@H]1C[C@@H](C(=O)Nc2ccccc2F)ON1C. The highest BCUT2D eigenvalue weighted by atomic mass is 31.2. The molecule has 0 radical (unpaired) electrons. The predicted molar refractivity (Wildman–Crippen MR) is 86.9 cm³/mol. The van der Waals surface area contributed by atoms with Crippen LogP contribution >= 0.6 is 7.60 Å². The minimum absolute atomic E-state index is 0.0648. The molecule has 2 atom stereocenters. The van der Waals surface area contributed by atoms with E-state index >= 15 is 0 Å². The van der Waals surface area contributed by atoms with E-state index in [1.807, 2.05) is 0 Å². The van der Waals surface area contributed by atoms with Crippen LogP contribution in [0, 0.1) is 5.82 Å². The Morgan fingerprint density at radius 3 is 2.58 bits per heavy atom. The lowest BCUT2D eigenvalue weighted by molar-refractivity contribution is -0.155. The van der Waals surface area contributed by atoms with Crippen molar-refractivity contribution in [2.45, 2.75) is 32.2 Å². The second-order valence-electron chi connectivity index (χ2n) is 5.20. The number of hydrogen-bond acceptors (Lipinski definition) is 6. The number of para-hydroxylation sites is 1. The van der Waals surface area contributed by atoms with Crippen molar-refractivity contribution in [3.05, 3.63) is 30.1 Å². The minimum atomic E-state index is -3.45. The fourth-order valence-electron chi connectivity index (χ4n) is 2.48. The van der Waals surface area contributed by atoms with Crippen LogP contribution in [0.5, 0.6) is 0 Å². The molecule has 0 unspecified atom stereocenters. The van der Waals surface area contributed by atoms with Gasteiger partial charge in [0.2, 0.25) is 0 Å². The largest absolute Gasteiger partial charge is 0.350 e. The van der Waals surface area contributed by atoms with Gasteiger partial charge in [0.05, 0.1) is 18.9 Å². The number of carbonyl (C=O) groups is 1. The lowest BCUT2D eigenvalue weighted by Gasteiger charge is -2.25. The van der Waals surface area contributed by atoms with Gasteiger partial charge in [-0.1, -0.05) is 12.1 Å². The number of carbonyl (C=O) groups excluding carboxylic acids is 1. The molecule has 2 rings (SSSR count). The van der Waals surface area contributed by atoms with Crippen molar-refractivity contribution in [3.63, 3.8) is 0 Å². The highest BCUT2D eigenvalue weighted by molar-refractivity contribution is 7.54. The molecule has 1 amide bonds. The van der Waals surface area contributed by atoms with Crippen molar-refractivity contribution in [1.82, 2.24) is 5.06 Å². The summed E-state index contributed by atoms with van der Waals surface area (Å²) in [5, 5.41) is 3.79. The van der Waals surface area contributed by atoms with Gasteiger partial charge in [-0.3, -0.25) is 14.2 Å². The average molecular weight is 360 g/mol. The molecule has 1 aromatic carbocycles. The van der Waals surface area contributed by atoms with Crippen LogP contribution in [0.2, 0.25) is 0 Å². The Morgan fingerprint density at radius 1 is 1.38 bits per heavy atom. The second-order valence-corrected chi connectivity index (χ2v) is 7.39. The molecule has 0 aromatic heterocycles. The van der Waals surface area contributed by atoms with E-state index in [4.69, 9.17) is 13.9 Å². The highest BCUT2D eigenvalue weighted by Crippen LogP contribution is 2.57. The third-order valence-electron chi connectivity index (χ3n) is 3.55. The van der Waals surface area contributed by atoms with Crippen LogP contribution in [0.1, 0.15) is 20.3 Å². The predicted octanol–water partition coefficient (Wildman–Crippen LogP) is 2.99. The molecule has 1 fully saturated rings. The second kappa shape index (κ2) is 8.18. The lowest BCUT2D eigenvalue weighted by atomic mass is 10.2. The summed E-state index contributed by atoms with van der Waals surface area (Å²) in [4.78, 5) is 17.8. The molecular formula is C15H22FN2O5P. The molecule has 1 aliphatic heterocycles. The first-order valence-corrected chi connectivity index (χ1v) is 9.36. The number of nitrogens with one attached hydrogen (secondary N) is 1. The first kappa shape index (κ1) is 19.0. The maximum absolute atomic E-state index is 13.6. The molecule has 1 N–H and O–H groups in total. The summed E-state index contributed by atoms with van der Waals surface area (Å²) in [7, 11) is -1.88.